The van der Waals surface area contributed by atoms with Crippen LogP contribution in [0.5, 0.6) is 0 Å². The lowest BCUT2D eigenvalue weighted by Gasteiger charge is -2.19. The number of carbonyl (C=O) groups excluding carboxylic acids is 1. The largest absolute Gasteiger partial charge is 0.330 e. The molecule has 0 heterocycles. The Labute approximate surface area is 124 Å². The van der Waals surface area contributed by atoms with Crippen LogP contribution in [0.25, 0.3) is 0 Å². The van der Waals surface area contributed by atoms with Crippen molar-refractivity contribution in [2.75, 3.05) is 11.9 Å². The molecule has 106 valence electrons. The van der Waals surface area contributed by atoms with Gasteiger partial charge in [0.2, 0.25) is 5.91 Å². The first kappa shape index (κ1) is 16.2. The number of halogens is 1. The summed E-state index contributed by atoms with van der Waals surface area (Å²) in [5.41, 5.74) is 6.45. The summed E-state index contributed by atoms with van der Waals surface area (Å²) < 4.78 is 1.01. The van der Waals surface area contributed by atoms with E-state index in [0.717, 1.165) is 23.0 Å². The molecule has 0 aliphatic heterocycles. The standard InChI is InChI=1S/C15H23BrN2O/c1-11(2)12(9-10-17)3-8-15(19)18-14-6-4-13(16)5-7-14/h4-7,11-12H,3,8-10,17H2,1-2H3,(H,18,19). The Hall–Kier alpha value is -0.870. The average Bonchev–Trinajstić information content (AvgIpc) is 2.37. The quantitative estimate of drug-likeness (QED) is 0.800. The molecule has 1 aromatic carbocycles. The van der Waals surface area contributed by atoms with Crippen molar-refractivity contribution in [3.63, 3.8) is 0 Å². The van der Waals surface area contributed by atoms with Gasteiger partial charge in [-0.1, -0.05) is 29.8 Å². The number of rotatable bonds is 7. The van der Waals surface area contributed by atoms with Gasteiger partial charge in [-0.3, -0.25) is 4.79 Å². The lowest BCUT2D eigenvalue weighted by atomic mass is 9.88. The number of amides is 1. The van der Waals surface area contributed by atoms with Crippen LogP contribution in [0.4, 0.5) is 5.69 Å². The number of benzene rings is 1. The number of nitrogens with one attached hydrogen (secondary N) is 1. The van der Waals surface area contributed by atoms with Crippen LogP contribution in [0, 0.1) is 11.8 Å². The molecule has 1 aromatic rings. The highest BCUT2D eigenvalue weighted by atomic mass is 79.9. The van der Waals surface area contributed by atoms with Gasteiger partial charge in [-0.15, -0.1) is 0 Å². The topological polar surface area (TPSA) is 55.1 Å². The van der Waals surface area contributed by atoms with E-state index in [4.69, 9.17) is 5.73 Å². The van der Waals surface area contributed by atoms with Gasteiger partial charge in [0.1, 0.15) is 0 Å². The van der Waals surface area contributed by atoms with E-state index in [9.17, 15) is 4.79 Å². The van der Waals surface area contributed by atoms with Crippen LogP contribution in [0.1, 0.15) is 33.1 Å². The van der Waals surface area contributed by atoms with Crippen LogP contribution in [0.2, 0.25) is 0 Å². The van der Waals surface area contributed by atoms with Gasteiger partial charge in [0.05, 0.1) is 0 Å². The van der Waals surface area contributed by atoms with Gasteiger partial charge in [0.25, 0.3) is 0 Å². The second-order valence-corrected chi connectivity index (χ2v) is 6.09. The summed E-state index contributed by atoms with van der Waals surface area (Å²) in [7, 11) is 0. The second-order valence-electron chi connectivity index (χ2n) is 5.18. The summed E-state index contributed by atoms with van der Waals surface area (Å²) in [6.07, 6.45) is 2.44. The highest BCUT2D eigenvalue weighted by molar-refractivity contribution is 9.10. The van der Waals surface area contributed by atoms with Crippen molar-refractivity contribution in [2.45, 2.75) is 33.1 Å². The molecule has 19 heavy (non-hydrogen) atoms. The van der Waals surface area contributed by atoms with Crippen molar-refractivity contribution in [3.8, 4) is 0 Å². The molecule has 0 radical (unpaired) electrons. The summed E-state index contributed by atoms with van der Waals surface area (Å²) in [6, 6.07) is 7.62. The zero-order chi connectivity index (χ0) is 14.3. The monoisotopic (exact) mass is 326 g/mol. The van der Waals surface area contributed by atoms with Gasteiger partial charge in [-0.2, -0.15) is 0 Å². The minimum absolute atomic E-state index is 0.0741. The molecule has 0 aliphatic rings. The van der Waals surface area contributed by atoms with E-state index in [1.165, 1.54) is 0 Å². The molecule has 0 aliphatic carbocycles. The fraction of sp³-hybridized carbons (Fsp3) is 0.533. The number of nitrogens with two attached hydrogens (primary N) is 1. The molecule has 1 rings (SSSR count). The van der Waals surface area contributed by atoms with E-state index in [2.05, 4.69) is 35.1 Å². The Balaban J connectivity index is 2.40. The van der Waals surface area contributed by atoms with Crippen molar-refractivity contribution < 1.29 is 4.79 Å². The summed E-state index contributed by atoms with van der Waals surface area (Å²) in [5, 5.41) is 2.91. The fourth-order valence-corrected chi connectivity index (χ4v) is 2.36. The van der Waals surface area contributed by atoms with Crippen molar-refractivity contribution in [1.29, 1.82) is 0 Å². The van der Waals surface area contributed by atoms with Crippen LogP contribution in [-0.2, 0) is 4.79 Å². The summed E-state index contributed by atoms with van der Waals surface area (Å²) >= 11 is 3.37. The first-order valence-corrected chi connectivity index (χ1v) is 7.57. The molecule has 4 heteroatoms. The summed E-state index contributed by atoms with van der Waals surface area (Å²) in [5.74, 6) is 1.18. The number of carbonyl (C=O) groups is 1. The Morgan fingerprint density at radius 3 is 2.42 bits per heavy atom. The molecule has 0 fully saturated rings. The van der Waals surface area contributed by atoms with Gasteiger partial charge in [0, 0.05) is 16.6 Å². The molecule has 1 amide bonds. The van der Waals surface area contributed by atoms with Crippen LogP contribution in [-0.4, -0.2) is 12.5 Å². The fourth-order valence-electron chi connectivity index (χ4n) is 2.10. The predicted molar refractivity (Wildman–Crippen MR) is 84.0 cm³/mol. The smallest absolute Gasteiger partial charge is 0.224 e. The van der Waals surface area contributed by atoms with Gasteiger partial charge in [-0.25, -0.2) is 0 Å². The van der Waals surface area contributed by atoms with Crippen LogP contribution in [0.3, 0.4) is 0 Å². The second kappa shape index (κ2) is 8.33. The highest BCUT2D eigenvalue weighted by Crippen LogP contribution is 2.21. The van der Waals surface area contributed by atoms with Gasteiger partial charge in [0.15, 0.2) is 0 Å². The molecular weight excluding hydrogens is 304 g/mol. The van der Waals surface area contributed by atoms with Crippen molar-refractivity contribution >= 4 is 27.5 Å². The van der Waals surface area contributed by atoms with Crippen LogP contribution in [0.15, 0.2) is 28.7 Å². The number of hydrogen-bond acceptors (Lipinski definition) is 2. The Kier molecular flexibility index (Phi) is 7.10. The maximum absolute atomic E-state index is 11.9. The van der Waals surface area contributed by atoms with Gasteiger partial charge in [-0.05, 0) is 55.5 Å². The average molecular weight is 327 g/mol. The minimum atomic E-state index is 0.0741. The normalized spacial score (nSPS) is 12.5. The molecule has 0 spiro atoms. The molecule has 1 unspecified atom stereocenters. The molecule has 3 N–H and O–H groups in total. The SMILES string of the molecule is CC(C)C(CCN)CCC(=O)Nc1ccc(Br)cc1. The van der Waals surface area contributed by atoms with Crippen LogP contribution < -0.4 is 11.1 Å². The Morgan fingerprint density at radius 1 is 1.26 bits per heavy atom. The molecule has 0 bridgehead atoms. The Morgan fingerprint density at radius 2 is 1.89 bits per heavy atom. The van der Waals surface area contributed by atoms with E-state index < -0.39 is 0 Å². The van der Waals surface area contributed by atoms with E-state index in [-0.39, 0.29) is 5.91 Å². The van der Waals surface area contributed by atoms with Gasteiger partial charge >= 0.3 is 0 Å². The third kappa shape index (κ3) is 6.21. The van der Waals surface area contributed by atoms with E-state index >= 15 is 0 Å². The highest BCUT2D eigenvalue weighted by Gasteiger charge is 2.14. The first-order chi connectivity index (χ1) is 9.02. The number of hydrogen-bond donors (Lipinski definition) is 2. The number of anilines is 1. The third-order valence-corrected chi connectivity index (χ3v) is 3.88. The first-order valence-electron chi connectivity index (χ1n) is 6.78. The predicted octanol–water partition coefficient (Wildman–Crippen LogP) is 3.79. The van der Waals surface area contributed by atoms with Gasteiger partial charge < -0.3 is 11.1 Å². The lowest BCUT2D eigenvalue weighted by Crippen LogP contribution is -2.18. The van der Waals surface area contributed by atoms with E-state index in [0.29, 0.717) is 24.8 Å². The molecular formula is C15H23BrN2O. The Bertz CT molecular complexity index is 390. The van der Waals surface area contributed by atoms with E-state index in [1.54, 1.807) is 0 Å². The van der Waals surface area contributed by atoms with E-state index in [1.807, 2.05) is 24.3 Å². The maximum atomic E-state index is 11.9. The summed E-state index contributed by atoms with van der Waals surface area (Å²) in [4.78, 5) is 11.9. The molecule has 0 aromatic heterocycles. The molecule has 0 saturated heterocycles. The van der Waals surface area contributed by atoms with Crippen molar-refractivity contribution in [2.24, 2.45) is 17.6 Å². The molecule has 0 saturated carbocycles. The summed E-state index contributed by atoms with van der Waals surface area (Å²) in [6.45, 7) is 5.07. The van der Waals surface area contributed by atoms with Crippen LogP contribution >= 0.6 is 15.9 Å². The zero-order valence-corrected chi connectivity index (χ0v) is 13.2. The third-order valence-electron chi connectivity index (χ3n) is 3.35. The van der Waals surface area contributed by atoms with Crippen molar-refractivity contribution in [1.82, 2.24) is 0 Å². The lowest BCUT2D eigenvalue weighted by molar-refractivity contribution is -0.116. The molecule has 3 nitrogen and oxygen atoms in total. The molecule has 1 atom stereocenters. The minimum Gasteiger partial charge on any atom is -0.330 e. The zero-order valence-electron chi connectivity index (χ0n) is 11.7. The maximum Gasteiger partial charge on any atom is 0.224 e. The van der Waals surface area contributed by atoms with Crippen molar-refractivity contribution in [3.05, 3.63) is 28.7 Å².